The minimum absolute atomic E-state index is 1.35. The van der Waals surface area contributed by atoms with Crippen molar-refractivity contribution in [2.24, 2.45) is 0 Å². The van der Waals surface area contributed by atoms with Crippen molar-refractivity contribution in [2.45, 2.75) is 94.2 Å². The number of ether oxygens (including phenoxy) is 6. The third-order valence-corrected chi connectivity index (χ3v) is 9.60. The molecule has 4 saturated carbocycles. The Morgan fingerprint density at radius 2 is 0.459 bits per heavy atom. The molecule has 46 heteroatoms. The molecule has 0 saturated heterocycles. The van der Waals surface area contributed by atoms with E-state index < -0.39 is 166 Å². The first-order valence-corrected chi connectivity index (χ1v) is 16.1. The van der Waals surface area contributed by atoms with Gasteiger partial charge in [0, 0.05) is 0 Å². The number of carbonyl (C=O) groups excluding carboxylic acids is 4. The van der Waals surface area contributed by atoms with Gasteiger partial charge in [-0.2, -0.15) is 149 Å². The minimum Gasteiger partial charge on any atom is -0.406 e. The molecule has 4 aliphatic carbocycles. The number of rotatable bonds is 16. The van der Waals surface area contributed by atoms with Crippen molar-refractivity contribution in [3.05, 3.63) is 47.6 Å². The van der Waals surface area contributed by atoms with Crippen LogP contribution < -0.4 is 0 Å². The predicted octanol–water partition coefficient (Wildman–Crippen LogP) is 11.0. The molecule has 4 bridgehead atoms. The molecule has 0 radical (unpaired) electrons. The average molecular weight is 1180 g/mol. The van der Waals surface area contributed by atoms with E-state index in [1.807, 2.05) is 0 Å². The number of carbonyl (C=O) groups is 4. The van der Waals surface area contributed by atoms with E-state index in [2.05, 4.69) is 0 Å². The molecule has 4 aliphatic rings. The van der Waals surface area contributed by atoms with E-state index in [1.165, 1.54) is 9.47 Å². The fourth-order valence-corrected chi connectivity index (χ4v) is 6.41. The summed E-state index contributed by atoms with van der Waals surface area (Å²) in [5.74, 6) is -115. The maximum atomic E-state index is 16.6. The Morgan fingerprint density at radius 3 is 0.649 bits per heavy atom. The summed E-state index contributed by atoms with van der Waals surface area (Å²) in [5, 5.41) is 0. The monoisotopic (exact) mass is 1180 g/mol. The Balaban J connectivity index is 2.79. The molecule has 0 N–H and O–H groups in total. The molecule has 0 aromatic heterocycles. The van der Waals surface area contributed by atoms with E-state index in [9.17, 15) is 89.4 Å². The second-order valence-corrected chi connectivity index (χ2v) is 13.4. The molecular weight excluding hydrogens is 1180 g/mol. The summed E-state index contributed by atoms with van der Waals surface area (Å²) >= 11 is 0. The highest BCUT2D eigenvalue weighted by molar-refractivity contribution is 5.88. The van der Waals surface area contributed by atoms with Crippen molar-refractivity contribution < 1.29 is 206 Å². The standard InChI is InChI=1S/C28F36O10/c29-1(5(33)34)9(65)69-23(55,25(57,58)71-11(67)3(31)7(37)38)27(61,62)73-15-18(45,46)13(41)17(43,44)14(42,19(15,47)48)21(51,52)16(20(13,49)50,22(15,53)54)74-28(63,64)24(56,70-10(66)2(30)6(35)36)26(59,60)72-12(68)4(32)8(39)40. The Labute approximate surface area is 372 Å². The summed E-state index contributed by atoms with van der Waals surface area (Å²) in [6.07, 6.45) is -55.0. The van der Waals surface area contributed by atoms with Gasteiger partial charge in [0.05, 0.1) is 0 Å². The van der Waals surface area contributed by atoms with Gasteiger partial charge in [0.25, 0.3) is 34.5 Å². The van der Waals surface area contributed by atoms with Crippen LogP contribution in [0.25, 0.3) is 0 Å². The van der Waals surface area contributed by atoms with Gasteiger partial charge in [-0.1, -0.05) is 0 Å². The molecule has 2 atom stereocenters. The van der Waals surface area contributed by atoms with E-state index in [1.54, 1.807) is 18.9 Å². The molecule has 424 valence electrons. The van der Waals surface area contributed by atoms with Crippen LogP contribution in [-0.4, -0.2) is 118 Å². The van der Waals surface area contributed by atoms with E-state index >= 15 is 87.8 Å². The molecule has 0 aliphatic heterocycles. The number of hydrogen-bond donors (Lipinski definition) is 0. The van der Waals surface area contributed by atoms with Crippen molar-refractivity contribution in [2.75, 3.05) is 0 Å². The van der Waals surface area contributed by atoms with Gasteiger partial charge in [0.15, 0.2) is 0 Å². The van der Waals surface area contributed by atoms with Crippen molar-refractivity contribution >= 4 is 23.9 Å². The Morgan fingerprint density at radius 1 is 0.270 bits per heavy atom. The van der Waals surface area contributed by atoms with E-state index in [0.29, 0.717) is 0 Å². The second kappa shape index (κ2) is 16.9. The summed E-state index contributed by atoms with van der Waals surface area (Å²) < 4.78 is 542. The Bertz CT molecular complexity index is 2310. The molecular formula is C28F36O10. The summed E-state index contributed by atoms with van der Waals surface area (Å²) in [7, 11) is 0. The van der Waals surface area contributed by atoms with E-state index in [-0.39, 0.29) is 0 Å². The third kappa shape index (κ3) is 6.89. The molecule has 4 rings (SSSR count). The van der Waals surface area contributed by atoms with Crippen LogP contribution >= 0.6 is 0 Å². The van der Waals surface area contributed by atoms with Gasteiger partial charge in [-0.3, -0.25) is 9.47 Å². The molecule has 0 aromatic rings. The van der Waals surface area contributed by atoms with Crippen molar-refractivity contribution in [3.8, 4) is 0 Å². The Hall–Kier alpha value is -5.76. The summed E-state index contributed by atoms with van der Waals surface area (Å²) in [5.41, 5.74) is -39.9. The summed E-state index contributed by atoms with van der Waals surface area (Å²) in [4.78, 5) is 45.5. The second-order valence-electron chi connectivity index (χ2n) is 13.4. The summed E-state index contributed by atoms with van der Waals surface area (Å²) in [6.45, 7) is 0. The van der Waals surface area contributed by atoms with E-state index in [4.69, 9.17) is 0 Å². The number of hydrogen-bond acceptors (Lipinski definition) is 10. The lowest BCUT2D eigenvalue weighted by molar-refractivity contribution is -0.660. The van der Waals surface area contributed by atoms with Crippen molar-refractivity contribution in [1.82, 2.24) is 0 Å². The minimum atomic E-state index is -10.3. The third-order valence-electron chi connectivity index (χ3n) is 9.60. The van der Waals surface area contributed by atoms with Crippen LogP contribution in [0.3, 0.4) is 0 Å². The van der Waals surface area contributed by atoms with Gasteiger partial charge in [0.1, 0.15) is 0 Å². The largest absolute Gasteiger partial charge is 0.483 e. The van der Waals surface area contributed by atoms with Crippen LogP contribution in [0.1, 0.15) is 0 Å². The highest BCUT2D eigenvalue weighted by Gasteiger charge is 3.24. The average Bonchev–Trinajstić information content (AvgIpc) is 3.22. The SMILES string of the molecule is O=C(OC(F)(F)C(F)(OC(=O)C(F)=C(F)F)C(F)(F)OC12C(F)(F)C3(F)C(F)(F)C(F)(C1(F)F)C(F)(F)C(OC(F)(F)C(F)(OC(=O)C(F)=C(F)F)C(F)(F)OC(=O)C(F)=C(F)F)(C3(F)F)C2(F)F)C(F)=C(F)F. The number of alkyl halides is 24. The van der Waals surface area contributed by atoms with E-state index in [0.717, 1.165) is 0 Å². The predicted molar refractivity (Wildman–Crippen MR) is 138 cm³/mol. The zero-order chi connectivity index (χ0) is 59.2. The lowest BCUT2D eigenvalue weighted by atomic mass is 9.39. The molecule has 74 heavy (non-hydrogen) atoms. The van der Waals surface area contributed by atoms with Gasteiger partial charge in [-0.15, -0.1) is 0 Å². The maximum Gasteiger partial charge on any atom is 0.483 e. The van der Waals surface area contributed by atoms with Crippen molar-refractivity contribution in [1.29, 1.82) is 0 Å². The zero-order valence-electron chi connectivity index (χ0n) is 31.7. The van der Waals surface area contributed by atoms with Crippen LogP contribution in [-0.2, 0) is 47.6 Å². The zero-order valence-corrected chi connectivity index (χ0v) is 31.7. The first kappa shape index (κ1) is 62.5. The smallest absolute Gasteiger partial charge is 0.406 e. The normalized spacial score (nSPS) is 28.6. The first-order valence-electron chi connectivity index (χ1n) is 16.1. The highest BCUT2D eigenvalue weighted by Crippen LogP contribution is 2.89. The lowest BCUT2D eigenvalue weighted by Crippen LogP contribution is -3.11. The maximum absolute atomic E-state index is 16.6. The van der Waals surface area contributed by atoms with Crippen LogP contribution in [0.5, 0.6) is 0 Å². The fourth-order valence-electron chi connectivity index (χ4n) is 6.41. The molecule has 0 heterocycles. The van der Waals surface area contributed by atoms with Crippen LogP contribution in [0.4, 0.5) is 158 Å². The lowest BCUT2D eigenvalue weighted by Gasteiger charge is -2.76. The van der Waals surface area contributed by atoms with Crippen LogP contribution in [0, 0.1) is 0 Å². The molecule has 0 aromatic carbocycles. The first-order chi connectivity index (χ1) is 32.4. The quantitative estimate of drug-likeness (QED) is 0.0639. The fraction of sp³-hybridized carbons (Fsp3) is 0.571. The van der Waals surface area contributed by atoms with Gasteiger partial charge >= 0.3 is 131 Å². The molecule has 2 unspecified atom stereocenters. The number of halogens is 36. The van der Waals surface area contributed by atoms with Crippen LogP contribution in [0.15, 0.2) is 47.6 Å². The summed E-state index contributed by atoms with van der Waals surface area (Å²) in [6, 6.07) is 0. The van der Waals surface area contributed by atoms with Gasteiger partial charge in [0.2, 0.25) is 0 Å². The molecule has 0 spiro atoms. The van der Waals surface area contributed by atoms with Crippen molar-refractivity contribution in [3.63, 3.8) is 0 Å². The Kier molecular flexibility index (Phi) is 14.3. The molecule has 0 amide bonds. The van der Waals surface area contributed by atoms with Gasteiger partial charge < -0.3 is 18.9 Å². The highest BCUT2D eigenvalue weighted by atomic mass is 19.4. The molecule has 4 fully saturated rings. The van der Waals surface area contributed by atoms with Crippen LogP contribution in [0.2, 0.25) is 0 Å². The van der Waals surface area contributed by atoms with Gasteiger partial charge in [-0.25, -0.2) is 28.0 Å². The topological polar surface area (TPSA) is 124 Å². The molecule has 10 nitrogen and oxygen atoms in total. The number of esters is 4. The van der Waals surface area contributed by atoms with Gasteiger partial charge in [-0.05, 0) is 0 Å².